The third kappa shape index (κ3) is 7.89. The number of carbonyl (C=O) groups excluding carboxylic acids is 2. The smallest absolute Gasteiger partial charge is 0.405 e. The summed E-state index contributed by atoms with van der Waals surface area (Å²) in [5.41, 5.74) is 0.296. The van der Waals surface area contributed by atoms with E-state index in [-0.39, 0.29) is 29.4 Å². The first-order valence-corrected chi connectivity index (χ1v) is 9.23. The van der Waals surface area contributed by atoms with E-state index < -0.39 is 31.1 Å². The van der Waals surface area contributed by atoms with Crippen molar-refractivity contribution in [3.8, 4) is 11.5 Å². The molecule has 0 unspecified atom stereocenters. The summed E-state index contributed by atoms with van der Waals surface area (Å²) in [6.45, 7) is -2.69. The van der Waals surface area contributed by atoms with Crippen molar-refractivity contribution in [1.82, 2.24) is 5.32 Å². The molecule has 2 aromatic carbocycles. The summed E-state index contributed by atoms with van der Waals surface area (Å²) in [6, 6.07) is 9.63. The second kappa shape index (κ2) is 11.1. The van der Waals surface area contributed by atoms with Gasteiger partial charge in [-0.25, -0.2) is 0 Å². The van der Waals surface area contributed by atoms with Crippen LogP contribution in [-0.2, 0) is 4.79 Å². The molecule has 32 heavy (non-hydrogen) atoms. The number of hydrogen-bond donors (Lipinski definition) is 2. The third-order valence-electron chi connectivity index (χ3n) is 3.79. The van der Waals surface area contributed by atoms with Crippen LogP contribution in [0.3, 0.4) is 0 Å². The molecule has 0 radical (unpaired) electrons. The molecule has 0 heterocycles. The summed E-state index contributed by atoms with van der Waals surface area (Å²) in [5.74, 6) is -1.78. The van der Waals surface area contributed by atoms with Crippen molar-refractivity contribution in [3.63, 3.8) is 0 Å². The molecule has 0 saturated carbocycles. The fourth-order valence-corrected chi connectivity index (χ4v) is 2.50. The van der Waals surface area contributed by atoms with E-state index in [2.05, 4.69) is 10.1 Å². The number of benzene rings is 2. The second-order valence-electron chi connectivity index (χ2n) is 6.18. The molecular weight excluding hydrogens is 439 g/mol. The number of amides is 2. The van der Waals surface area contributed by atoms with Crippen LogP contribution in [0.15, 0.2) is 48.5 Å². The van der Waals surface area contributed by atoms with Gasteiger partial charge < -0.3 is 20.1 Å². The van der Waals surface area contributed by atoms with Crippen LogP contribution in [0, 0.1) is 0 Å². The Kier molecular flexibility index (Phi) is 8.56. The first-order chi connectivity index (χ1) is 15.1. The quantitative estimate of drug-likeness (QED) is 0.424. The predicted octanol–water partition coefficient (Wildman–Crippen LogP) is 4.63. The van der Waals surface area contributed by atoms with Gasteiger partial charge >= 0.3 is 12.8 Å². The lowest BCUT2D eigenvalue weighted by Crippen LogP contribution is -2.34. The van der Waals surface area contributed by atoms with Gasteiger partial charge in [0, 0.05) is 6.08 Å². The van der Waals surface area contributed by atoms with Crippen molar-refractivity contribution in [2.75, 3.05) is 18.5 Å². The molecule has 0 aliphatic carbocycles. The third-order valence-corrected chi connectivity index (χ3v) is 3.79. The van der Waals surface area contributed by atoms with E-state index in [0.717, 1.165) is 6.08 Å². The number of carbonyl (C=O) groups is 2. The zero-order valence-corrected chi connectivity index (χ0v) is 16.7. The lowest BCUT2D eigenvalue weighted by Gasteiger charge is -2.12. The van der Waals surface area contributed by atoms with E-state index in [0.29, 0.717) is 5.56 Å². The average Bonchev–Trinajstić information content (AvgIpc) is 2.72. The van der Waals surface area contributed by atoms with Gasteiger partial charge in [0.05, 0.1) is 17.9 Å². The van der Waals surface area contributed by atoms with Gasteiger partial charge in [0.25, 0.3) is 5.91 Å². The molecule has 0 aliphatic heterocycles. The van der Waals surface area contributed by atoms with Gasteiger partial charge in [-0.15, -0.1) is 0 Å². The highest BCUT2D eigenvalue weighted by Gasteiger charge is 2.28. The van der Waals surface area contributed by atoms with E-state index in [1.807, 2.05) is 0 Å². The molecule has 0 aliphatic rings. The Hall–Kier alpha value is -3.63. The largest absolute Gasteiger partial charge is 0.490 e. The van der Waals surface area contributed by atoms with Crippen LogP contribution in [0.5, 0.6) is 11.5 Å². The van der Waals surface area contributed by atoms with Crippen LogP contribution >= 0.6 is 0 Å². The van der Waals surface area contributed by atoms with E-state index in [4.69, 9.17) is 4.74 Å². The Balaban J connectivity index is 2.11. The van der Waals surface area contributed by atoms with Crippen LogP contribution < -0.4 is 20.1 Å². The minimum atomic E-state index is -4.58. The molecule has 0 fully saturated rings. The topological polar surface area (TPSA) is 76.7 Å². The van der Waals surface area contributed by atoms with Gasteiger partial charge in [-0.2, -0.15) is 22.0 Å². The highest BCUT2D eigenvalue weighted by molar-refractivity contribution is 6.07. The number of alkyl halides is 5. The molecule has 2 amide bonds. The number of halogens is 5. The Bertz CT molecular complexity index is 977. The molecule has 11 heteroatoms. The molecule has 2 N–H and O–H groups in total. The van der Waals surface area contributed by atoms with Crippen LogP contribution in [0.1, 0.15) is 22.8 Å². The summed E-state index contributed by atoms with van der Waals surface area (Å²) in [5, 5.41) is 4.15. The molecule has 0 aromatic heterocycles. The summed E-state index contributed by atoms with van der Waals surface area (Å²) < 4.78 is 71.5. The highest BCUT2D eigenvalue weighted by Crippen LogP contribution is 2.30. The fraction of sp³-hybridized carbons (Fsp3) is 0.238. The number of para-hydroxylation sites is 1. The number of ether oxygens (including phenoxy) is 2. The molecule has 0 saturated heterocycles. The summed E-state index contributed by atoms with van der Waals surface area (Å²) >= 11 is 0. The number of hydrogen-bond acceptors (Lipinski definition) is 4. The molecule has 6 nitrogen and oxygen atoms in total. The molecule has 0 atom stereocenters. The van der Waals surface area contributed by atoms with Gasteiger partial charge in [-0.3, -0.25) is 9.59 Å². The van der Waals surface area contributed by atoms with Gasteiger partial charge in [-0.05, 0) is 42.8 Å². The summed E-state index contributed by atoms with van der Waals surface area (Å²) in [7, 11) is 0. The zero-order valence-electron chi connectivity index (χ0n) is 16.7. The van der Waals surface area contributed by atoms with Gasteiger partial charge in [0.1, 0.15) is 6.54 Å². The minimum Gasteiger partial charge on any atom is -0.490 e. The van der Waals surface area contributed by atoms with Crippen LogP contribution in [0.2, 0.25) is 0 Å². The molecule has 2 aromatic rings. The van der Waals surface area contributed by atoms with Crippen molar-refractivity contribution in [2.24, 2.45) is 0 Å². The van der Waals surface area contributed by atoms with Gasteiger partial charge in [-0.1, -0.05) is 18.2 Å². The van der Waals surface area contributed by atoms with E-state index in [9.17, 15) is 31.5 Å². The van der Waals surface area contributed by atoms with Crippen molar-refractivity contribution in [2.45, 2.75) is 19.7 Å². The normalized spacial score (nSPS) is 11.5. The van der Waals surface area contributed by atoms with Crippen LogP contribution in [0.25, 0.3) is 6.08 Å². The molecule has 0 bridgehead atoms. The predicted molar refractivity (Wildman–Crippen MR) is 107 cm³/mol. The fourth-order valence-electron chi connectivity index (χ4n) is 2.50. The summed E-state index contributed by atoms with van der Waals surface area (Å²) in [6.07, 6.45) is -2.12. The number of rotatable bonds is 9. The van der Waals surface area contributed by atoms with Crippen LogP contribution in [-0.4, -0.2) is 37.8 Å². The molecule has 2 rings (SSSR count). The lowest BCUT2D eigenvalue weighted by atomic mass is 10.1. The monoisotopic (exact) mass is 458 g/mol. The summed E-state index contributed by atoms with van der Waals surface area (Å²) in [4.78, 5) is 24.3. The first-order valence-electron chi connectivity index (χ1n) is 9.23. The van der Waals surface area contributed by atoms with E-state index in [1.165, 1.54) is 48.5 Å². The van der Waals surface area contributed by atoms with Crippen molar-refractivity contribution < 1.29 is 41.0 Å². The Morgan fingerprint density at radius 3 is 2.47 bits per heavy atom. The number of anilines is 1. The maximum Gasteiger partial charge on any atom is 0.405 e. The Morgan fingerprint density at radius 1 is 1.09 bits per heavy atom. The van der Waals surface area contributed by atoms with Gasteiger partial charge in [0.2, 0.25) is 5.91 Å². The number of nitrogens with one attached hydrogen (secondary N) is 2. The second-order valence-corrected chi connectivity index (χ2v) is 6.18. The average molecular weight is 458 g/mol. The zero-order chi connectivity index (χ0) is 23.7. The lowest BCUT2D eigenvalue weighted by molar-refractivity contribution is -0.123. The first kappa shape index (κ1) is 24.6. The van der Waals surface area contributed by atoms with E-state index >= 15 is 0 Å². The van der Waals surface area contributed by atoms with Crippen molar-refractivity contribution in [1.29, 1.82) is 0 Å². The van der Waals surface area contributed by atoms with Crippen LogP contribution in [0.4, 0.5) is 27.6 Å². The maximum absolute atomic E-state index is 12.5. The van der Waals surface area contributed by atoms with Crippen molar-refractivity contribution in [3.05, 3.63) is 59.7 Å². The van der Waals surface area contributed by atoms with Gasteiger partial charge in [0.15, 0.2) is 11.5 Å². The van der Waals surface area contributed by atoms with E-state index in [1.54, 1.807) is 12.2 Å². The minimum absolute atomic E-state index is 0.0116. The van der Waals surface area contributed by atoms with Crippen molar-refractivity contribution >= 4 is 23.6 Å². The maximum atomic E-state index is 12.5. The SMILES string of the molecule is CCOc1cc(/C=C/C(=O)Nc2ccccc2C(=O)NCC(F)(F)F)ccc1OC(F)F. The molecule has 172 valence electrons. The Morgan fingerprint density at radius 2 is 1.81 bits per heavy atom. The standard InChI is InChI=1S/C21H19F5N2O4/c1-2-31-17-11-13(7-9-16(17)32-20(22)23)8-10-18(29)28-15-6-4-3-5-14(15)19(30)27-12-21(24,25)26/h3-11,20H,2,12H2,1H3,(H,27,30)(H,28,29)/b10-8+. The molecule has 0 spiro atoms. The molecular formula is C21H19F5N2O4. The Labute approximate surface area is 180 Å². The highest BCUT2D eigenvalue weighted by atomic mass is 19.4.